The number of aryl methyl sites for hydroxylation is 2. The van der Waals surface area contributed by atoms with E-state index < -0.39 is 0 Å². The summed E-state index contributed by atoms with van der Waals surface area (Å²) < 4.78 is 1.87. The molecule has 19 heavy (non-hydrogen) atoms. The standard InChI is InChI=1S/C13H20N6/c1-9-12(10(2)19(4)17-9)11-5-7-15-13(16-11)18(3)8-6-14/h5,7H,6,8,14H2,1-4H3. The summed E-state index contributed by atoms with van der Waals surface area (Å²) in [4.78, 5) is 10.8. The van der Waals surface area contributed by atoms with E-state index >= 15 is 0 Å². The van der Waals surface area contributed by atoms with Gasteiger partial charge in [-0.25, -0.2) is 9.97 Å². The van der Waals surface area contributed by atoms with E-state index in [1.165, 1.54) is 0 Å². The highest BCUT2D eigenvalue weighted by Gasteiger charge is 2.14. The Morgan fingerprint density at radius 1 is 1.37 bits per heavy atom. The van der Waals surface area contributed by atoms with Crippen LogP contribution in [-0.4, -0.2) is 39.9 Å². The highest BCUT2D eigenvalue weighted by Crippen LogP contribution is 2.25. The molecular formula is C13H20N6. The minimum absolute atomic E-state index is 0.578. The molecule has 0 fully saturated rings. The summed E-state index contributed by atoms with van der Waals surface area (Å²) in [5.41, 5.74) is 9.61. The number of rotatable bonds is 4. The summed E-state index contributed by atoms with van der Waals surface area (Å²) in [5.74, 6) is 0.686. The van der Waals surface area contributed by atoms with E-state index in [1.807, 2.05) is 43.6 Å². The van der Waals surface area contributed by atoms with Gasteiger partial charge in [0.15, 0.2) is 0 Å². The van der Waals surface area contributed by atoms with Crippen molar-refractivity contribution in [2.75, 3.05) is 25.0 Å². The van der Waals surface area contributed by atoms with Crippen LogP contribution in [0.4, 0.5) is 5.95 Å². The molecule has 0 saturated heterocycles. The summed E-state index contributed by atoms with van der Waals surface area (Å²) in [7, 11) is 3.88. The fourth-order valence-electron chi connectivity index (χ4n) is 2.11. The van der Waals surface area contributed by atoms with Crippen LogP contribution < -0.4 is 10.6 Å². The third kappa shape index (κ3) is 2.58. The van der Waals surface area contributed by atoms with E-state index in [2.05, 4.69) is 15.1 Å². The van der Waals surface area contributed by atoms with Gasteiger partial charge in [0.2, 0.25) is 5.95 Å². The molecule has 6 nitrogen and oxygen atoms in total. The average molecular weight is 260 g/mol. The SMILES string of the molecule is Cc1nn(C)c(C)c1-c1ccnc(N(C)CCN)n1. The van der Waals surface area contributed by atoms with Crippen LogP contribution in [-0.2, 0) is 7.05 Å². The summed E-state index contributed by atoms with van der Waals surface area (Å²) >= 11 is 0. The van der Waals surface area contributed by atoms with Crippen LogP contribution in [0.1, 0.15) is 11.4 Å². The fraction of sp³-hybridized carbons (Fsp3) is 0.462. The van der Waals surface area contributed by atoms with Crippen molar-refractivity contribution < 1.29 is 0 Å². The van der Waals surface area contributed by atoms with Crippen molar-refractivity contribution in [3.8, 4) is 11.3 Å². The van der Waals surface area contributed by atoms with Gasteiger partial charge < -0.3 is 10.6 Å². The van der Waals surface area contributed by atoms with E-state index in [0.717, 1.165) is 29.2 Å². The molecule has 6 heteroatoms. The maximum atomic E-state index is 5.56. The smallest absolute Gasteiger partial charge is 0.225 e. The Balaban J connectivity index is 2.43. The molecule has 0 spiro atoms. The van der Waals surface area contributed by atoms with E-state index in [0.29, 0.717) is 12.5 Å². The first-order valence-corrected chi connectivity index (χ1v) is 6.29. The molecule has 0 radical (unpaired) electrons. The number of likely N-dealkylation sites (N-methyl/N-ethyl adjacent to an activating group) is 1. The number of hydrogen-bond donors (Lipinski definition) is 1. The quantitative estimate of drug-likeness (QED) is 0.883. The topological polar surface area (TPSA) is 72.9 Å². The second-order valence-electron chi connectivity index (χ2n) is 4.62. The van der Waals surface area contributed by atoms with Crippen LogP contribution in [0, 0.1) is 13.8 Å². The van der Waals surface area contributed by atoms with Crippen molar-refractivity contribution in [2.45, 2.75) is 13.8 Å². The fourth-order valence-corrected chi connectivity index (χ4v) is 2.11. The average Bonchev–Trinajstić information content (AvgIpc) is 2.64. The minimum atomic E-state index is 0.578. The van der Waals surface area contributed by atoms with E-state index in [9.17, 15) is 0 Å². The maximum Gasteiger partial charge on any atom is 0.225 e. The number of nitrogens with two attached hydrogens (primary N) is 1. The highest BCUT2D eigenvalue weighted by molar-refractivity contribution is 5.65. The number of anilines is 1. The van der Waals surface area contributed by atoms with Gasteiger partial charge in [0, 0.05) is 44.6 Å². The van der Waals surface area contributed by atoms with Gasteiger partial charge in [-0.15, -0.1) is 0 Å². The monoisotopic (exact) mass is 260 g/mol. The Bertz CT molecular complexity index is 575. The second kappa shape index (κ2) is 5.36. The first-order valence-electron chi connectivity index (χ1n) is 6.29. The third-order valence-corrected chi connectivity index (χ3v) is 3.21. The number of hydrogen-bond acceptors (Lipinski definition) is 5. The molecule has 2 rings (SSSR count). The molecule has 2 heterocycles. The lowest BCUT2D eigenvalue weighted by atomic mass is 10.1. The first kappa shape index (κ1) is 13.5. The van der Waals surface area contributed by atoms with Gasteiger partial charge in [0.05, 0.1) is 11.4 Å². The minimum Gasteiger partial charge on any atom is -0.343 e. The second-order valence-corrected chi connectivity index (χ2v) is 4.62. The summed E-state index contributed by atoms with van der Waals surface area (Å²) in [6, 6.07) is 1.91. The highest BCUT2D eigenvalue weighted by atomic mass is 15.3. The predicted octanol–water partition coefficient (Wildman–Crippen LogP) is 0.889. The van der Waals surface area contributed by atoms with Gasteiger partial charge in [0.25, 0.3) is 0 Å². The van der Waals surface area contributed by atoms with E-state index in [-0.39, 0.29) is 0 Å². The maximum absolute atomic E-state index is 5.56. The zero-order valence-corrected chi connectivity index (χ0v) is 11.9. The lowest BCUT2D eigenvalue weighted by Crippen LogP contribution is -2.26. The molecule has 0 aliphatic carbocycles. The molecular weight excluding hydrogens is 240 g/mol. The Morgan fingerprint density at radius 2 is 2.11 bits per heavy atom. The number of aromatic nitrogens is 4. The molecule has 0 aromatic carbocycles. The molecule has 0 aliphatic rings. The van der Waals surface area contributed by atoms with Gasteiger partial charge in [-0.05, 0) is 19.9 Å². The van der Waals surface area contributed by atoms with Crippen molar-refractivity contribution in [3.63, 3.8) is 0 Å². The normalized spacial score (nSPS) is 10.8. The molecule has 0 saturated carbocycles. The lowest BCUT2D eigenvalue weighted by molar-refractivity contribution is 0.731. The molecule has 102 valence electrons. The summed E-state index contributed by atoms with van der Waals surface area (Å²) in [6.07, 6.45) is 1.77. The number of nitrogens with zero attached hydrogens (tertiary/aromatic N) is 5. The van der Waals surface area contributed by atoms with Gasteiger partial charge in [-0.1, -0.05) is 0 Å². The van der Waals surface area contributed by atoms with Gasteiger partial charge >= 0.3 is 0 Å². The van der Waals surface area contributed by atoms with Gasteiger partial charge in [-0.3, -0.25) is 4.68 Å². The largest absolute Gasteiger partial charge is 0.343 e. The molecule has 2 N–H and O–H groups in total. The van der Waals surface area contributed by atoms with Crippen LogP contribution in [0.25, 0.3) is 11.3 Å². The van der Waals surface area contributed by atoms with Crippen molar-refractivity contribution in [2.24, 2.45) is 12.8 Å². The van der Waals surface area contributed by atoms with Crippen LogP contribution in [0.3, 0.4) is 0 Å². The van der Waals surface area contributed by atoms with Crippen LogP contribution >= 0.6 is 0 Å². The van der Waals surface area contributed by atoms with Crippen molar-refractivity contribution in [1.29, 1.82) is 0 Å². The Morgan fingerprint density at radius 3 is 2.68 bits per heavy atom. The van der Waals surface area contributed by atoms with Crippen LogP contribution in [0.5, 0.6) is 0 Å². The molecule has 0 bridgehead atoms. The molecule has 0 atom stereocenters. The Hall–Kier alpha value is -1.95. The van der Waals surface area contributed by atoms with Gasteiger partial charge in [-0.2, -0.15) is 5.10 Å². The summed E-state index contributed by atoms with van der Waals surface area (Å²) in [6.45, 7) is 5.35. The lowest BCUT2D eigenvalue weighted by Gasteiger charge is -2.16. The van der Waals surface area contributed by atoms with Gasteiger partial charge in [0.1, 0.15) is 0 Å². The van der Waals surface area contributed by atoms with Crippen molar-refractivity contribution >= 4 is 5.95 Å². The molecule has 0 amide bonds. The molecule has 0 aliphatic heterocycles. The summed E-state index contributed by atoms with van der Waals surface area (Å²) in [5, 5.41) is 4.42. The van der Waals surface area contributed by atoms with Crippen LogP contribution in [0.15, 0.2) is 12.3 Å². The van der Waals surface area contributed by atoms with Crippen molar-refractivity contribution in [3.05, 3.63) is 23.7 Å². The van der Waals surface area contributed by atoms with E-state index in [1.54, 1.807) is 6.20 Å². The van der Waals surface area contributed by atoms with E-state index in [4.69, 9.17) is 5.73 Å². The zero-order chi connectivity index (χ0) is 14.0. The third-order valence-electron chi connectivity index (χ3n) is 3.21. The molecule has 0 unspecified atom stereocenters. The predicted molar refractivity (Wildman–Crippen MR) is 76.0 cm³/mol. The van der Waals surface area contributed by atoms with Crippen molar-refractivity contribution in [1.82, 2.24) is 19.7 Å². The molecule has 2 aromatic rings. The Kier molecular flexibility index (Phi) is 3.80. The first-order chi connectivity index (χ1) is 9.04. The molecule has 2 aromatic heterocycles. The van der Waals surface area contributed by atoms with Crippen LogP contribution in [0.2, 0.25) is 0 Å². The zero-order valence-electron chi connectivity index (χ0n) is 11.9. The Labute approximate surface area is 113 Å².